The topological polar surface area (TPSA) is 41.6 Å². The fourth-order valence-corrected chi connectivity index (χ4v) is 7.94. The normalized spacial score (nSPS) is 31.7. The van der Waals surface area contributed by atoms with Gasteiger partial charge in [-0.2, -0.15) is 0 Å². The van der Waals surface area contributed by atoms with Crippen molar-refractivity contribution in [1.29, 1.82) is 0 Å². The number of fused-ring (bicyclic) bond motifs is 2. The van der Waals surface area contributed by atoms with Gasteiger partial charge in [-0.25, -0.2) is 0 Å². The molecule has 32 heavy (non-hydrogen) atoms. The summed E-state index contributed by atoms with van der Waals surface area (Å²) in [6.07, 6.45) is 11.4. The number of rotatable bonds is 5. The SMILES string of the molecule is CCc1cc2c(s1)CCOC21CCN(CC2CC(NC(=O)C3CCCC(C)(C)C3)C2)CC1. The number of ether oxygens (including phenoxy) is 1. The zero-order chi connectivity index (χ0) is 22.3. The predicted molar refractivity (Wildman–Crippen MR) is 131 cm³/mol. The number of hydrogen-bond donors (Lipinski definition) is 1. The van der Waals surface area contributed by atoms with E-state index in [2.05, 4.69) is 37.1 Å². The summed E-state index contributed by atoms with van der Waals surface area (Å²) in [4.78, 5) is 18.5. The zero-order valence-corrected chi connectivity index (χ0v) is 21.2. The van der Waals surface area contributed by atoms with Gasteiger partial charge in [-0.15, -0.1) is 11.3 Å². The van der Waals surface area contributed by atoms with Gasteiger partial charge in [0.05, 0.1) is 12.2 Å². The van der Waals surface area contributed by atoms with Crippen LogP contribution >= 0.6 is 11.3 Å². The van der Waals surface area contributed by atoms with Gasteiger partial charge < -0.3 is 15.0 Å². The van der Waals surface area contributed by atoms with Crippen LogP contribution in [-0.4, -0.2) is 43.1 Å². The molecule has 4 aliphatic rings. The van der Waals surface area contributed by atoms with Crippen molar-refractivity contribution in [2.45, 2.75) is 96.6 Å². The van der Waals surface area contributed by atoms with E-state index in [1.54, 1.807) is 4.88 Å². The van der Waals surface area contributed by atoms with Crippen molar-refractivity contribution in [2.75, 3.05) is 26.2 Å². The number of hydrogen-bond acceptors (Lipinski definition) is 4. The molecule has 2 aliphatic heterocycles. The average molecular weight is 459 g/mol. The Labute approximate surface area is 198 Å². The van der Waals surface area contributed by atoms with Gasteiger partial charge in [0.2, 0.25) is 5.91 Å². The number of carbonyl (C=O) groups is 1. The lowest BCUT2D eigenvalue weighted by Crippen LogP contribution is -2.52. The maximum absolute atomic E-state index is 12.7. The highest BCUT2D eigenvalue weighted by Gasteiger charge is 2.43. The Morgan fingerprint density at radius 3 is 2.75 bits per heavy atom. The van der Waals surface area contributed by atoms with E-state index < -0.39 is 0 Å². The molecule has 2 aliphatic carbocycles. The van der Waals surface area contributed by atoms with E-state index in [4.69, 9.17) is 4.74 Å². The van der Waals surface area contributed by atoms with Crippen LogP contribution < -0.4 is 5.32 Å². The molecule has 0 radical (unpaired) electrons. The number of amides is 1. The summed E-state index contributed by atoms with van der Waals surface area (Å²) in [5, 5.41) is 3.38. The van der Waals surface area contributed by atoms with Crippen LogP contribution in [0, 0.1) is 17.3 Å². The molecule has 0 bridgehead atoms. The molecule has 4 nitrogen and oxygen atoms in total. The van der Waals surface area contributed by atoms with Crippen LogP contribution in [0.25, 0.3) is 0 Å². The smallest absolute Gasteiger partial charge is 0.223 e. The van der Waals surface area contributed by atoms with E-state index in [0.717, 1.165) is 77.0 Å². The molecule has 5 heteroatoms. The second-order valence-electron chi connectivity index (χ2n) is 11.8. The Kier molecular flexibility index (Phi) is 6.45. The molecule has 1 aromatic rings. The van der Waals surface area contributed by atoms with Crippen molar-refractivity contribution >= 4 is 17.2 Å². The molecule has 2 saturated carbocycles. The van der Waals surface area contributed by atoms with Crippen molar-refractivity contribution in [3.05, 3.63) is 21.4 Å². The maximum Gasteiger partial charge on any atom is 0.223 e. The number of nitrogens with one attached hydrogen (secondary N) is 1. The van der Waals surface area contributed by atoms with E-state index in [0.29, 0.717) is 17.4 Å². The lowest BCUT2D eigenvalue weighted by atomic mass is 9.71. The van der Waals surface area contributed by atoms with Gasteiger partial charge in [0.15, 0.2) is 0 Å². The van der Waals surface area contributed by atoms with Crippen LogP contribution in [0.2, 0.25) is 0 Å². The molecule has 1 atom stereocenters. The zero-order valence-electron chi connectivity index (χ0n) is 20.4. The van der Waals surface area contributed by atoms with Crippen LogP contribution in [0.5, 0.6) is 0 Å². The first-order valence-electron chi connectivity index (χ1n) is 13.1. The molecule has 5 rings (SSSR count). The van der Waals surface area contributed by atoms with E-state index in [9.17, 15) is 4.79 Å². The minimum Gasteiger partial charge on any atom is -0.370 e. The highest BCUT2D eigenvalue weighted by Crippen LogP contribution is 2.45. The third-order valence-corrected chi connectivity index (χ3v) is 10.1. The average Bonchev–Trinajstić information content (AvgIpc) is 3.18. The molecular formula is C27H42N2O2S. The monoisotopic (exact) mass is 458 g/mol. The standard InChI is InChI=1S/C27H42N2O2S/c1-4-22-16-23-24(32-22)7-13-31-27(23)9-11-29(12-10-27)18-19-14-21(15-19)28-25(30)20-6-5-8-26(2,3)17-20/h16,19-21H,4-15,17-18H2,1-3H3,(H,28,30). The third kappa shape index (κ3) is 4.67. The molecule has 1 aromatic heterocycles. The first-order chi connectivity index (χ1) is 15.4. The van der Waals surface area contributed by atoms with Crippen molar-refractivity contribution in [2.24, 2.45) is 17.3 Å². The van der Waals surface area contributed by atoms with Crippen LogP contribution in [0.15, 0.2) is 6.07 Å². The summed E-state index contributed by atoms with van der Waals surface area (Å²) >= 11 is 2.01. The van der Waals surface area contributed by atoms with Crippen LogP contribution in [0.4, 0.5) is 0 Å². The van der Waals surface area contributed by atoms with Gasteiger partial charge in [0, 0.05) is 47.8 Å². The fraction of sp³-hybridized carbons (Fsp3) is 0.815. The van der Waals surface area contributed by atoms with Crippen molar-refractivity contribution < 1.29 is 9.53 Å². The molecule has 178 valence electrons. The fourth-order valence-electron chi connectivity index (χ4n) is 6.77. The second kappa shape index (κ2) is 9.03. The van der Waals surface area contributed by atoms with E-state index in [-0.39, 0.29) is 11.5 Å². The van der Waals surface area contributed by atoms with Gasteiger partial charge >= 0.3 is 0 Å². The number of piperidine rings is 1. The minimum atomic E-state index is -0.0160. The molecule has 3 fully saturated rings. The minimum absolute atomic E-state index is 0.0160. The molecule has 1 saturated heterocycles. The largest absolute Gasteiger partial charge is 0.370 e. The maximum atomic E-state index is 12.7. The summed E-state index contributed by atoms with van der Waals surface area (Å²) in [7, 11) is 0. The molecular weight excluding hydrogens is 416 g/mol. The number of nitrogens with zero attached hydrogens (tertiary/aromatic N) is 1. The highest BCUT2D eigenvalue weighted by molar-refractivity contribution is 7.12. The summed E-state index contributed by atoms with van der Waals surface area (Å²) in [6, 6.07) is 2.86. The van der Waals surface area contributed by atoms with Crippen molar-refractivity contribution in [3.8, 4) is 0 Å². The predicted octanol–water partition coefficient (Wildman–Crippen LogP) is 5.29. The Bertz CT molecular complexity index is 818. The first kappa shape index (κ1) is 22.9. The summed E-state index contributed by atoms with van der Waals surface area (Å²) in [5.41, 5.74) is 1.83. The van der Waals surface area contributed by atoms with Gasteiger partial charge in [0.1, 0.15) is 0 Å². The lowest BCUT2D eigenvalue weighted by Gasteiger charge is -2.46. The van der Waals surface area contributed by atoms with Crippen molar-refractivity contribution in [1.82, 2.24) is 10.2 Å². The quantitative estimate of drug-likeness (QED) is 0.652. The van der Waals surface area contributed by atoms with Gasteiger partial charge in [0.25, 0.3) is 0 Å². The molecule has 1 N–H and O–H groups in total. The first-order valence-corrected chi connectivity index (χ1v) is 14.0. The van der Waals surface area contributed by atoms with Gasteiger partial charge in [-0.05, 0) is 74.3 Å². The van der Waals surface area contributed by atoms with Gasteiger partial charge in [-0.1, -0.05) is 27.2 Å². The van der Waals surface area contributed by atoms with Crippen LogP contribution in [0.3, 0.4) is 0 Å². The molecule has 1 unspecified atom stereocenters. The van der Waals surface area contributed by atoms with Crippen LogP contribution in [0.1, 0.15) is 87.5 Å². The Morgan fingerprint density at radius 1 is 1.25 bits per heavy atom. The Morgan fingerprint density at radius 2 is 2.03 bits per heavy atom. The van der Waals surface area contributed by atoms with Crippen molar-refractivity contribution in [3.63, 3.8) is 0 Å². The third-order valence-electron chi connectivity index (χ3n) is 8.74. The number of aryl methyl sites for hydroxylation is 1. The lowest BCUT2D eigenvalue weighted by molar-refractivity contribution is -0.129. The molecule has 1 spiro atoms. The van der Waals surface area contributed by atoms with Gasteiger partial charge in [-0.3, -0.25) is 4.79 Å². The summed E-state index contributed by atoms with van der Waals surface area (Å²) in [6.45, 7) is 11.2. The number of carbonyl (C=O) groups excluding carboxylic acids is 1. The summed E-state index contributed by atoms with van der Waals surface area (Å²) < 4.78 is 6.45. The van der Waals surface area contributed by atoms with E-state index in [1.807, 2.05) is 11.3 Å². The van der Waals surface area contributed by atoms with E-state index in [1.165, 1.54) is 29.8 Å². The Hall–Kier alpha value is -0.910. The van der Waals surface area contributed by atoms with Crippen LogP contribution in [-0.2, 0) is 28.0 Å². The van der Waals surface area contributed by atoms with E-state index >= 15 is 0 Å². The molecule has 0 aromatic carbocycles. The summed E-state index contributed by atoms with van der Waals surface area (Å²) in [5.74, 6) is 1.31. The molecule has 3 heterocycles. The number of likely N-dealkylation sites (tertiary alicyclic amines) is 1. The number of thiophene rings is 1. The second-order valence-corrected chi connectivity index (χ2v) is 13.0. The Balaban J connectivity index is 1.07. The molecule has 1 amide bonds. The highest BCUT2D eigenvalue weighted by atomic mass is 32.1.